The summed E-state index contributed by atoms with van der Waals surface area (Å²) in [5.41, 5.74) is 3.63. The summed E-state index contributed by atoms with van der Waals surface area (Å²) in [5.74, 6) is 0.844. The molecule has 158 valence electrons. The minimum atomic E-state index is -0.761. The van der Waals surface area contributed by atoms with Crippen LogP contribution < -0.4 is 25.0 Å². The van der Waals surface area contributed by atoms with E-state index in [9.17, 15) is 9.59 Å². The third-order valence-electron chi connectivity index (χ3n) is 4.43. The van der Waals surface area contributed by atoms with Gasteiger partial charge in [-0.05, 0) is 63.8 Å². The van der Waals surface area contributed by atoms with Crippen LogP contribution >= 0.6 is 15.9 Å². The zero-order valence-corrected chi connectivity index (χ0v) is 18.4. The van der Waals surface area contributed by atoms with Crippen molar-refractivity contribution in [1.29, 1.82) is 0 Å². The number of hydrogen-bond acceptors (Lipinski definition) is 6. The number of ether oxygens (including phenoxy) is 3. The maximum Gasteiger partial charge on any atom is 0.262 e. The molecule has 0 aromatic heterocycles. The van der Waals surface area contributed by atoms with Gasteiger partial charge >= 0.3 is 0 Å². The summed E-state index contributed by atoms with van der Waals surface area (Å²) >= 11 is 3.40. The third kappa shape index (κ3) is 5.10. The molecular weight excluding hydrogens is 454 g/mol. The average molecular weight is 476 g/mol. The highest BCUT2D eigenvalue weighted by Gasteiger charge is 2.25. The van der Waals surface area contributed by atoms with Gasteiger partial charge in [0.2, 0.25) is 6.79 Å². The fourth-order valence-corrected chi connectivity index (χ4v) is 3.36. The van der Waals surface area contributed by atoms with E-state index >= 15 is 0 Å². The molecule has 1 aliphatic heterocycles. The molecule has 30 heavy (non-hydrogen) atoms. The first-order valence-corrected chi connectivity index (χ1v) is 10.1. The number of methoxy groups -OCH3 is 1. The Labute approximate surface area is 182 Å². The van der Waals surface area contributed by atoms with Crippen molar-refractivity contribution >= 4 is 34.0 Å². The Morgan fingerprint density at radius 1 is 1.17 bits per heavy atom. The van der Waals surface area contributed by atoms with Crippen LogP contribution in [0.2, 0.25) is 0 Å². The zero-order chi connectivity index (χ0) is 21.7. The number of rotatable bonds is 7. The summed E-state index contributed by atoms with van der Waals surface area (Å²) in [6.45, 7) is 3.81. The highest BCUT2D eigenvalue weighted by Crippen LogP contribution is 2.32. The molecule has 2 aromatic rings. The highest BCUT2D eigenvalue weighted by atomic mass is 79.9. The van der Waals surface area contributed by atoms with E-state index in [1.54, 1.807) is 37.4 Å². The van der Waals surface area contributed by atoms with E-state index < -0.39 is 11.9 Å². The normalized spacial score (nSPS) is 13.4. The van der Waals surface area contributed by atoms with Crippen LogP contribution in [0.15, 0.2) is 46.0 Å². The first-order chi connectivity index (χ1) is 14.4. The Bertz CT molecular complexity index is 977. The number of halogens is 1. The number of nitrogens with one attached hydrogen (secondary N) is 2. The van der Waals surface area contributed by atoms with Gasteiger partial charge in [0.05, 0.1) is 17.8 Å². The lowest BCUT2D eigenvalue weighted by Gasteiger charge is -2.20. The summed E-state index contributed by atoms with van der Waals surface area (Å²) in [6, 6.07) is 9.53. The van der Waals surface area contributed by atoms with Gasteiger partial charge in [0, 0.05) is 5.56 Å². The molecule has 1 unspecified atom stereocenters. The molecule has 2 amide bonds. The molecule has 8 nitrogen and oxygen atoms in total. The molecule has 0 saturated carbocycles. The van der Waals surface area contributed by atoms with Gasteiger partial charge in [-0.25, -0.2) is 5.43 Å². The van der Waals surface area contributed by atoms with Crippen molar-refractivity contribution in [2.75, 3.05) is 13.9 Å². The average Bonchev–Trinajstić information content (AvgIpc) is 3.19. The SMILES string of the molecule is COc1ccc(/C=N/NC(=O)C(NC(=O)c2ccc3c(c2)OCO3)C(C)C)cc1Br. The van der Waals surface area contributed by atoms with Crippen LogP contribution in [0.1, 0.15) is 29.8 Å². The second-order valence-electron chi connectivity index (χ2n) is 6.89. The largest absolute Gasteiger partial charge is 0.496 e. The number of fused-ring (bicyclic) bond motifs is 1. The van der Waals surface area contributed by atoms with Gasteiger partial charge in [-0.3, -0.25) is 9.59 Å². The van der Waals surface area contributed by atoms with Crippen molar-refractivity contribution in [3.05, 3.63) is 52.0 Å². The monoisotopic (exact) mass is 475 g/mol. The number of carbonyl (C=O) groups excluding carboxylic acids is 2. The first kappa shape index (κ1) is 21.6. The van der Waals surface area contributed by atoms with E-state index in [2.05, 4.69) is 31.8 Å². The standard InChI is InChI=1S/C21H22BrN3O5/c1-12(2)19(24-20(26)14-5-7-17-18(9-14)30-11-29-17)21(27)25-23-10-13-4-6-16(28-3)15(22)8-13/h4-10,12,19H,11H2,1-3H3,(H,24,26)(H,25,27)/b23-10+. The number of hydrazone groups is 1. The van der Waals surface area contributed by atoms with Crippen molar-refractivity contribution in [3.63, 3.8) is 0 Å². The molecule has 0 bridgehead atoms. The Hall–Kier alpha value is -3.07. The van der Waals surface area contributed by atoms with Gasteiger partial charge in [-0.15, -0.1) is 0 Å². The van der Waals surface area contributed by atoms with Gasteiger partial charge in [-0.2, -0.15) is 5.10 Å². The fourth-order valence-electron chi connectivity index (χ4n) is 2.80. The van der Waals surface area contributed by atoms with Crippen LogP contribution in [0.5, 0.6) is 17.2 Å². The molecule has 3 rings (SSSR count). The molecule has 0 aliphatic carbocycles. The lowest BCUT2D eigenvalue weighted by Crippen LogP contribution is -2.48. The number of benzene rings is 2. The summed E-state index contributed by atoms with van der Waals surface area (Å²) in [5, 5.41) is 6.75. The Balaban J connectivity index is 1.63. The number of nitrogens with zero attached hydrogens (tertiary/aromatic N) is 1. The van der Waals surface area contributed by atoms with Crippen molar-refractivity contribution in [1.82, 2.24) is 10.7 Å². The Morgan fingerprint density at radius 2 is 1.93 bits per heavy atom. The number of hydrogen-bond donors (Lipinski definition) is 2. The van der Waals surface area contributed by atoms with Gasteiger partial charge in [-0.1, -0.05) is 13.8 Å². The Morgan fingerprint density at radius 3 is 2.63 bits per heavy atom. The smallest absolute Gasteiger partial charge is 0.262 e. The third-order valence-corrected chi connectivity index (χ3v) is 5.05. The van der Waals surface area contributed by atoms with E-state index in [0.717, 1.165) is 10.0 Å². The molecule has 0 saturated heterocycles. The van der Waals surface area contributed by atoms with Crippen molar-refractivity contribution in [3.8, 4) is 17.2 Å². The lowest BCUT2D eigenvalue weighted by molar-refractivity contribution is -0.123. The predicted octanol–water partition coefficient (Wildman–Crippen LogP) is 3.09. The lowest BCUT2D eigenvalue weighted by atomic mass is 10.0. The van der Waals surface area contributed by atoms with Crippen LogP contribution in [-0.2, 0) is 4.79 Å². The van der Waals surface area contributed by atoms with Gasteiger partial charge in [0.1, 0.15) is 11.8 Å². The van der Waals surface area contributed by atoms with Gasteiger partial charge < -0.3 is 19.5 Å². The second kappa shape index (κ2) is 9.62. The maximum absolute atomic E-state index is 12.6. The highest BCUT2D eigenvalue weighted by molar-refractivity contribution is 9.10. The summed E-state index contributed by atoms with van der Waals surface area (Å²) in [6.07, 6.45) is 1.51. The van der Waals surface area contributed by atoms with Crippen molar-refractivity contribution in [2.45, 2.75) is 19.9 Å². The predicted molar refractivity (Wildman–Crippen MR) is 115 cm³/mol. The minimum Gasteiger partial charge on any atom is -0.496 e. The van der Waals surface area contributed by atoms with Crippen LogP contribution in [0.4, 0.5) is 0 Å². The van der Waals surface area contributed by atoms with Crippen LogP contribution in [0.25, 0.3) is 0 Å². The van der Waals surface area contributed by atoms with Gasteiger partial charge in [0.25, 0.3) is 11.8 Å². The summed E-state index contributed by atoms with van der Waals surface area (Å²) in [7, 11) is 1.58. The van der Waals surface area contributed by atoms with E-state index in [1.165, 1.54) is 6.21 Å². The molecule has 2 N–H and O–H groups in total. The van der Waals surface area contributed by atoms with E-state index in [4.69, 9.17) is 14.2 Å². The molecule has 1 heterocycles. The molecule has 1 aliphatic rings. The molecule has 1 atom stereocenters. The summed E-state index contributed by atoms with van der Waals surface area (Å²) in [4.78, 5) is 25.2. The Kier molecular flexibility index (Phi) is 6.94. The summed E-state index contributed by atoms with van der Waals surface area (Å²) < 4.78 is 16.5. The first-order valence-electron chi connectivity index (χ1n) is 9.26. The van der Waals surface area contributed by atoms with Gasteiger partial charge in [0.15, 0.2) is 11.5 Å². The zero-order valence-electron chi connectivity index (χ0n) is 16.8. The molecule has 0 radical (unpaired) electrons. The molecule has 2 aromatic carbocycles. The van der Waals surface area contributed by atoms with E-state index in [1.807, 2.05) is 19.9 Å². The fraction of sp³-hybridized carbons (Fsp3) is 0.286. The maximum atomic E-state index is 12.6. The van der Waals surface area contributed by atoms with E-state index in [0.29, 0.717) is 22.8 Å². The van der Waals surface area contributed by atoms with Crippen LogP contribution in [-0.4, -0.2) is 38.0 Å². The molecule has 0 fully saturated rings. The minimum absolute atomic E-state index is 0.125. The van der Waals surface area contributed by atoms with Crippen LogP contribution in [0, 0.1) is 5.92 Å². The molecular formula is C21H22BrN3O5. The quantitative estimate of drug-likeness (QED) is 0.473. The van der Waals surface area contributed by atoms with Crippen molar-refractivity contribution in [2.24, 2.45) is 11.0 Å². The molecule has 0 spiro atoms. The number of amides is 2. The second-order valence-corrected chi connectivity index (χ2v) is 7.75. The number of carbonyl (C=O) groups is 2. The molecule has 9 heteroatoms. The van der Waals surface area contributed by atoms with E-state index in [-0.39, 0.29) is 18.6 Å². The topological polar surface area (TPSA) is 98.2 Å². The van der Waals surface area contributed by atoms with Crippen molar-refractivity contribution < 1.29 is 23.8 Å². The van der Waals surface area contributed by atoms with Crippen LogP contribution in [0.3, 0.4) is 0 Å².